The third-order valence-corrected chi connectivity index (χ3v) is 2.79. The Hall–Kier alpha value is -0.570. The van der Waals surface area contributed by atoms with E-state index in [1.54, 1.807) is 0 Å². The molecule has 0 saturated carbocycles. The Morgan fingerprint density at radius 1 is 1.40 bits per heavy atom. The summed E-state index contributed by atoms with van der Waals surface area (Å²) >= 11 is 6.10. The van der Waals surface area contributed by atoms with Crippen LogP contribution in [0.2, 0.25) is 5.02 Å². The van der Waals surface area contributed by atoms with E-state index in [1.807, 2.05) is 38.1 Å². The van der Waals surface area contributed by atoms with Crippen LogP contribution in [0.15, 0.2) is 24.3 Å². The average molecular weight is 228 g/mol. The first-order chi connectivity index (χ1) is 7.08. The van der Waals surface area contributed by atoms with Gasteiger partial charge in [0.25, 0.3) is 0 Å². The van der Waals surface area contributed by atoms with Gasteiger partial charge in [0.05, 0.1) is 0 Å². The third kappa shape index (κ3) is 3.49. The molecule has 2 nitrogen and oxygen atoms in total. The molecule has 0 bridgehead atoms. The van der Waals surface area contributed by atoms with Crippen LogP contribution in [-0.4, -0.2) is 13.2 Å². The van der Waals surface area contributed by atoms with Crippen LogP contribution in [0.4, 0.5) is 0 Å². The molecule has 0 heterocycles. The molecule has 3 heteroatoms. The number of rotatable bonds is 5. The molecule has 1 aromatic carbocycles. The van der Waals surface area contributed by atoms with Gasteiger partial charge in [-0.25, -0.2) is 0 Å². The van der Waals surface area contributed by atoms with Crippen LogP contribution >= 0.6 is 11.6 Å². The van der Waals surface area contributed by atoms with Gasteiger partial charge in [0.2, 0.25) is 0 Å². The Balaban J connectivity index is 2.72. The second kappa shape index (κ2) is 5.50. The molecule has 1 rings (SSSR count). The van der Waals surface area contributed by atoms with Crippen molar-refractivity contribution in [2.75, 3.05) is 13.2 Å². The Morgan fingerprint density at radius 3 is 2.67 bits per heavy atom. The van der Waals surface area contributed by atoms with Crippen molar-refractivity contribution in [1.29, 1.82) is 0 Å². The van der Waals surface area contributed by atoms with Crippen LogP contribution in [0.25, 0.3) is 0 Å². The Morgan fingerprint density at radius 2 is 2.07 bits per heavy atom. The van der Waals surface area contributed by atoms with Crippen LogP contribution in [0.5, 0.6) is 0 Å². The van der Waals surface area contributed by atoms with Crippen molar-refractivity contribution in [2.24, 2.45) is 5.73 Å². The lowest BCUT2D eigenvalue weighted by molar-refractivity contribution is 0.128. The highest BCUT2D eigenvalue weighted by molar-refractivity contribution is 6.31. The molecule has 15 heavy (non-hydrogen) atoms. The second-order valence-corrected chi connectivity index (χ2v) is 4.25. The van der Waals surface area contributed by atoms with Gasteiger partial charge in [-0.3, -0.25) is 0 Å². The molecular formula is C12H18ClNO. The number of nitrogens with two attached hydrogens (primary N) is 1. The number of ether oxygens (including phenoxy) is 1. The summed E-state index contributed by atoms with van der Waals surface area (Å²) in [5.74, 6) is 0. The molecule has 0 saturated heterocycles. The molecule has 1 atom stereocenters. The van der Waals surface area contributed by atoms with E-state index < -0.39 is 5.54 Å². The van der Waals surface area contributed by atoms with Gasteiger partial charge in [0, 0.05) is 23.8 Å². The highest BCUT2D eigenvalue weighted by Gasteiger charge is 2.22. The summed E-state index contributed by atoms with van der Waals surface area (Å²) in [7, 11) is 0. The fourth-order valence-electron chi connectivity index (χ4n) is 1.49. The molecule has 2 N–H and O–H groups in total. The zero-order chi connectivity index (χ0) is 11.3. The van der Waals surface area contributed by atoms with Crippen LogP contribution in [0, 0.1) is 0 Å². The number of benzene rings is 1. The summed E-state index contributed by atoms with van der Waals surface area (Å²) in [4.78, 5) is 0. The van der Waals surface area contributed by atoms with Crippen LogP contribution < -0.4 is 5.73 Å². The molecule has 1 unspecified atom stereocenters. The summed E-state index contributed by atoms with van der Waals surface area (Å²) in [6, 6.07) is 7.69. The summed E-state index contributed by atoms with van der Waals surface area (Å²) in [6.45, 7) is 5.34. The monoisotopic (exact) mass is 227 g/mol. The predicted molar refractivity (Wildman–Crippen MR) is 64.1 cm³/mol. The van der Waals surface area contributed by atoms with E-state index in [9.17, 15) is 0 Å². The molecule has 0 spiro atoms. The van der Waals surface area contributed by atoms with E-state index >= 15 is 0 Å². The van der Waals surface area contributed by atoms with Crippen molar-refractivity contribution < 1.29 is 4.74 Å². The maximum Gasteiger partial charge on any atom is 0.0486 e. The molecule has 84 valence electrons. The minimum absolute atomic E-state index is 0.423. The van der Waals surface area contributed by atoms with Gasteiger partial charge < -0.3 is 10.5 Å². The fourth-order valence-corrected chi connectivity index (χ4v) is 1.84. The van der Waals surface area contributed by atoms with Crippen molar-refractivity contribution in [3.05, 3.63) is 34.9 Å². The van der Waals surface area contributed by atoms with Crippen molar-refractivity contribution >= 4 is 11.6 Å². The van der Waals surface area contributed by atoms with Crippen molar-refractivity contribution in [2.45, 2.75) is 25.8 Å². The maximum atomic E-state index is 6.22. The molecule has 0 amide bonds. The summed E-state index contributed by atoms with van der Waals surface area (Å²) in [5.41, 5.74) is 6.77. The molecule has 0 aromatic heterocycles. The van der Waals surface area contributed by atoms with E-state index in [1.165, 1.54) is 0 Å². The highest BCUT2D eigenvalue weighted by atomic mass is 35.5. The van der Waals surface area contributed by atoms with E-state index in [0.29, 0.717) is 6.61 Å². The first-order valence-electron chi connectivity index (χ1n) is 5.19. The van der Waals surface area contributed by atoms with E-state index in [-0.39, 0.29) is 0 Å². The Kier molecular flexibility index (Phi) is 4.58. The van der Waals surface area contributed by atoms with Gasteiger partial charge >= 0.3 is 0 Å². The molecule has 0 fully saturated rings. The smallest absolute Gasteiger partial charge is 0.0486 e. The average Bonchev–Trinajstić information content (AvgIpc) is 2.18. The predicted octanol–water partition coefficient (Wildman–Crippen LogP) is 2.94. The van der Waals surface area contributed by atoms with Crippen LogP contribution in [0.3, 0.4) is 0 Å². The number of halogens is 1. The SMILES string of the molecule is CCOCCC(C)(N)c1ccccc1Cl. The van der Waals surface area contributed by atoms with Crippen molar-refractivity contribution in [1.82, 2.24) is 0 Å². The van der Waals surface area contributed by atoms with Gasteiger partial charge in [0.15, 0.2) is 0 Å². The first-order valence-corrected chi connectivity index (χ1v) is 5.57. The molecule has 0 aliphatic heterocycles. The first kappa shape index (κ1) is 12.5. The van der Waals surface area contributed by atoms with Gasteiger partial charge in [-0.15, -0.1) is 0 Å². The van der Waals surface area contributed by atoms with Crippen molar-refractivity contribution in [3.63, 3.8) is 0 Å². The quantitative estimate of drug-likeness (QED) is 0.785. The van der Waals surface area contributed by atoms with E-state index in [4.69, 9.17) is 22.1 Å². The lowest BCUT2D eigenvalue weighted by Crippen LogP contribution is -2.34. The fraction of sp³-hybridized carbons (Fsp3) is 0.500. The second-order valence-electron chi connectivity index (χ2n) is 3.84. The molecule has 0 aliphatic carbocycles. The van der Waals surface area contributed by atoms with Gasteiger partial charge in [-0.2, -0.15) is 0 Å². The molecular weight excluding hydrogens is 210 g/mol. The maximum absolute atomic E-state index is 6.22. The van der Waals surface area contributed by atoms with Crippen molar-refractivity contribution in [3.8, 4) is 0 Å². The highest BCUT2D eigenvalue weighted by Crippen LogP contribution is 2.28. The van der Waals surface area contributed by atoms with E-state index in [0.717, 1.165) is 23.6 Å². The zero-order valence-electron chi connectivity index (χ0n) is 9.29. The minimum atomic E-state index is -0.423. The Bertz CT molecular complexity index is 312. The number of hydrogen-bond donors (Lipinski definition) is 1. The molecule has 1 aromatic rings. The van der Waals surface area contributed by atoms with E-state index in [2.05, 4.69) is 0 Å². The third-order valence-electron chi connectivity index (χ3n) is 2.46. The molecule has 0 aliphatic rings. The molecule has 0 radical (unpaired) electrons. The summed E-state index contributed by atoms with van der Waals surface area (Å²) in [5, 5.41) is 0.721. The van der Waals surface area contributed by atoms with Gasteiger partial charge in [-0.05, 0) is 31.9 Å². The van der Waals surface area contributed by atoms with Gasteiger partial charge in [-0.1, -0.05) is 29.8 Å². The minimum Gasteiger partial charge on any atom is -0.382 e. The standard InChI is InChI=1S/C12H18ClNO/c1-3-15-9-8-12(2,14)10-6-4-5-7-11(10)13/h4-7H,3,8-9,14H2,1-2H3. The lowest BCUT2D eigenvalue weighted by Gasteiger charge is -2.26. The Labute approximate surface area is 96.4 Å². The van der Waals surface area contributed by atoms with Crippen LogP contribution in [0.1, 0.15) is 25.8 Å². The largest absolute Gasteiger partial charge is 0.382 e. The number of hydrogen-bond acceptors (Lipinski definition) is 2. The summed E-state index contributed by atoms with van der Waals surface area (Å²) < 4.78 is 5.31. The lowest BCUT2D eigenvalue weighted by atomic mass is 9.90. The topological polar surface area (TPSA) is 35.2 Å². The normalized spacial score (nSPS) is 14.9. The summed E-state index contributed by atoms with van der Waals surface area (Å²) in [6.07, 6.45) is 0.768. The van der Waals surface area contributed by atoms with Gasteiger partial charge in [0.1, 0.15) is 0 Å². The van der Waals surface area contributed by atoms with Crippen LogP contribution in [-0.2, 0) is 10.3 Å². The zero-order valence-corrected chi connectivity index (χ0v) is 10.1.